The third-order valence-electron chi connectivity index (χ3n) is 4.86. The number of ether oxygens (including phenoxy) is 2. The summed E-state index contributed by atoms with van der Waals surface area (Å²) in [6, 6.07) is 0. The number of carbonyl (C=O) groups is 2. The van der Waals surface area contributed by atoms with Gasteiger partial charge in [0.25, 0.3) is 0 Å². The summed E-state index contributed by atoms with van der Waals surface area (Å²) >= 11 is 0. The molecule has 1 N–H and O–H groups in total. The largest absolute Gasteiger partial charge is 0.481 e. The van der Waals surface area contributed by atoms with Crippen LogP contribution >= 0.6 is 0 Å². The Hall–Kier alpha value is -1.10. The molecule has 0 amide bonds. The Kier molecular flexibility index (Phi) is 2.81. The van der Waals surface area contributed by atoms with Crippen molar-refractivity contribution in [3.8, 4) is 0 Å². The van der Waals surface area contributed by atoms with Gasteiger partial charge in [0.2, 0.25) is 0 Å². The van der Waals surface area contributed by atoms with Gasteiger partial charge in [-0.3, -0.25) is 9.59 Å². The van der Waals surface area contributed by atoms with E-state index in [2.05, 4.69) is 0 Å². The van der Waals surface area contributed by atoms with Gasteiger partial charge >= 0.3 is 11.9 Å². The maximum Gasteiger partial charge on any atom is 0.309 e. The Morgan fingerprint density at radius 2 is 2.22 bits per heavy atom. The molecule has 5 nitrogen and oxygen atoms in total. The first-order chi connectivity index (χ1) is 8.59. The van der Waals surface area contributed by atoms with E-state index < -0.39 is 11.9 Å². The Balaban J connectivity index is 1.94. The smallest absolute Gasteiger partial charge is 0.309 e. The van der Waals surface area contributed by atoms with Gasteiger partial charge in [0.15, 0.2) is 0 Å². The van der Waals surface area contributed by atoms with E-state index in [9.17, 15) is 14.7 Å². The summed E-state index contributed by atoms with van der Waals surface area (Å²) in [6.07, 6.45) is 1.24. The molecule has 0 spiro atoms. The fourth-order valence-corrected chi connectivity index (χ4v) is 4.12. The normalized spacial score (nSPS) is 47.1. The van der Waals surface area contributed by atoms with Crippen molar-refractivity contribution in [3.63, 3.8) is 0 Å². The lowest BCUT2D eigenvalue weighted by Crippen LogP contribution is -2.49. The van der Waals surface area contributed by atoms with Crippen LogP contribution in [-0.4, -0.2) is 36.4 Å². The van der Waals surface area contributed by atoms with E-state index in [1.165, 1.54) is 0 Å². The fourth-order valence-electron chi connectivity index (χ4n) is 4.12. The van der Waals surface area contributed by atoms with Gasteiger partial charge in [-0.1, -0.05) is 0 Å². The van der Waals surface area contributed by atoms with Crippen molar-refractivity contribution in [2.45, 2.75) is 25.9 Å². The van der Waals surface area contributed by atoms with Gasteiger partial charge < -0.3 is 14.6 Å². The number of hydrogen-bond donors (Lipinski definition) is 1. The van der Waals surface area contributed by atoms with Crippen LogP contribution < -0.4 is 0 Å². The highest BCUT2D eigenvalue weighted by Gasteiger charge is 2.57. The molecule has 0 aromatic heterocycles. The molecule has 3 aliphatic rings. The number of esters is 1. The molecular formula is C13H18O5. The summed E-state index contributed by atoms with van der Waals surface area (Å²) in [4.78, 5) is 23.4. The minimum absolute atomic E-state index is 0.134. The predicted octanol–water partition coefficient (Wildman–Crippen LogP) is 0.921. The van der Waals surface area contributed by atoms with Crippen molar-refractivity contribution in [1.82, 2.24) is 0 Å². The average Bonchev–Trinajstić information content (AvgIpc) is 2.62. The van der Waals surface area contributed by atoms with Gasteiger partial charge in [0.1, 0.15) is 6.10 Å². The SMILES string of the molecule is C[C@H]1OC(=O)[C@@H]2C[C@@H]3COCC[C@H]3[C@H](C(=O)O)[C@H]12. The van der Waals surface area contributed by atoms with Crippen molar-refractivity contribution >= 4 is 11.9 Å². The van der Waals surface area contributed by atoms with Crippen LogP contribution in [0.1, 0.15) is 19.8 Å². The number of carboxylic acids is 1. The first kappa shape index (κ1) is 12.0. The molecule has 2 saturated heterocycles. The molecule has 2 heterocycles. The topological polar surface area (TPSA) is 72.8 Å². The van der Waals surface area contributed by atoms with E-state index in [1.54, 1.807) is 0 Å². The molecule has 18 heavy (non-hydrogen) atoms. The van der Waals surface area contributed by atoms with Gasteiger partial charge in [-0.15, -0.1) is 0 Å². The maximum absolute atomic E-state index is 11.8. The Morgan fingerprint density at radius 1 is 1.44 bits per heavy atom. The summed E-state index contributed by atoms with van der Waals surface area (Å²) in [5.74, 6) is -1.54. The lowest BCUT2D eigenvalue weighted by molar-refractivity contribution is -0.156. The van der Waals surface area contributed by atoms with E-state index in [0.29, 0.717) is 13.2 Å². The van der Waals surface area contributed by atoms with Crippen molar-refractivity contribution in [1.29, 1.82) is 0 Å². The average molecular weight is 254 g/mol. The minimum Gasteiger partial charge on any atom is -0.481 e. The zero-order valence-corrected chi connectivity index (χ0v) is 10.4. The number of cyclic esters (lactones) is 1. The summed E-state index contributed by atoms with van der Waals surface area (Å²) in [5, 5.41) is 9.52. The highest BCUT2D eigenvalue weighted by Crippen LogP contribution is 2.50. The Bertz CT molecular complexity index is 380. The molecule has 1 aliphatic carbocycles. The number of hydrogen-bond acceptors (Lipinski definition) is 4. The molecule has 0 unspecified atom stereocenters. The molecule has 6 atom stereocenters. The molecule has 0 aromatic rings. The Labute approximate surface area is 105 Å². The van der Waals surface area contributed by atoms with E-state index in [4.69, 9.17) is 9.47 Å². The summed E-state index contributed by atoms with van der Waals surface area (Å²) in [7, 11) is 0. The molecule has 3 fully saturated rings. The maximum atomic E-state index is 11.8. The van der Waals surface area contributed by atoms with E-state index in [0.717, 1.165) is 12.8 Å². The molecule has 5 heteroatoms. The molecule has 0 aromatic carbocycles. The van der Waals surface area contributed by atoms with Crippen LogP contribution in [0.4, 0.5) is 0 Å². The van der Waals surface area contributed by atoms with Crippen molar-refractivity contribution in [2.24, 2.45) is 29.6 Å². The molecule has 100 valence electrons. The second-order valence-corrected chi connectivity index (χ2v) is 5.71. The van der Waals surface area contributed by atoms with Crippen LogP contribution in [0.15, 0.2) is 0 Å². The predicted molar refractivity (Wildman–Crippen MR) is 60.7 cm³/mol. The molecule has 1 saturated carbocycles. The molecule has 3 rings (SSSR count). The van der Waals surface area contributed by atoms with Crippen molar-refractivity contribution < 1.29 is 24.2 Å². The monoisotopic (exact) mass is 254 g/mol. The molecular weight excluding hydrogens is 236 g/mol. The van der Waals surface area contributed by atoms with E-state index >= 15 is 0 Å². The standard InChI is InChI=1S/C13H18O5/c1-6-10-9(13(16)18-6)4-7-5-17-3-2-8(7)11(10)12(14)15/h6-11H,2-5H2,1H3,(H,14,15)/t6-,7-,8-,9-,10-,11+/m1/s1. The van der Waals surface area contributed by atoms with Crippen LogP contribution in [0.25, 0.3) is 0 Å². The second-order valence-electron chi connectivity index (χ2n) is 5.71. The minimum atomic E-state index is -0.785. The summed E-state index contributed by atoms with van der Waals surface area (Å²) < 4.78 is 10.7. The fraction of sp³-hybridized carbons (Fsp3) is 0.846. The first-order valence-corrected chi connectivity index (χ1v) is 6.60. The highest BCUT2D eigenvalue weighted by molar-refractivity contribution is 5.79. The van der Waals surface area contributed by atoms with Crippen LogP contribution in [0.2, 0.25) is 0 Å². The zero-order valence-electron chi connectivity index (χ0n) is 10.4. The van der Waals surface area contributed by atoms with E-state index in [1.807, 2.05) is 6.92 Å². The number of aliphatic carboxylic acids is 1. The quantitative estimate of drug-likeness (QED) is 0.704. The molecule has 0 bridgehead atoms. The third-order valence-corrected chi connectivity index (χ3v) is 4.86. The van der Waals surface area contributed by atoms with Gasteiger partial charge in [-0.05, 0) is 31.6 Å². The van der Waals surface area contributed by atoms with Crippen LogP contribution in [0.5, 0.6) is 0 Å². The second kappa shape index (κ2) is 4.23. The molecule has 2 aliphatic heterocycles. The van der Waals surface area contributed by atoms with Crippen LogP contribution in [-0.2, 0) is 19.1 Å². The number of fused-ring (bicyclic) bond motifs is 2. The highest BCUT2D eigenvalue weighted by atomic mass is 16.6. The van der Waals surface area contributed by atoms with Crippen molar-refractivity contribution in [3.05, 3.63) is 0 Å². The van der Waals surface area contributed by atoms with Gasteiger partial charge in [-0.2, -0.15) is 0 Å². The lowest BCUT2D eigenvalue weighted by Gasteiger charge is -2.44. The van der Waals surface area contributed by atoms with Gasteiger partial charge in [-0.25, -0.2) is 0 Å². The number of carbonyl (C=O) groups excluding carboxylic acids is 1. The lowest BCUT2D eigenvalue weighted by atomic mass is 9.60. The Morgan fingerprint density at radius 3 is 2.94 bits per heavy atom. The van der Waals surface area contributed by atoms with Crippen LogP contribution in [0, 0.1) is 29.6 Å². The summed E-state index contributed by atoms with van der Waals surface area (Å²) in [5.41, 5.74) is 0. The molecule has 0 radical (unpaired) electrons. The van der Waals surface area contributed by atoms with Crippen molar-refractivity contribution in [2.75, 3.05) is 13.2 Å². The first-order valence-electron chi connectivity index (χ1n) is 6.60. The van der Waals surface area contributed by atoms with Gasteiger partial charge in [0.05, 0.1) is 11.8 Å². The zero-order chi connectivity index (χ0) is 12.9. The van der Waals surface area contributed by atoms with E-state index in [-0.39, 0.29) is 35.7 Å². The van der Waals surface area contributed by atoms with Crippen LogP contribution in [0.3, 0.4) is 0 Å². The van der Waals surface area contributed by atoms with Gasteiger partial charge in [0, 0.05) is 19.1 Å². The number of rotatable bonds is 1. The third kappa shape index (κ3) is 1.64. The number of carboxylic acid groups (broad SMARTS) is 1. The summed E-state index contributed by atoms with van der Waals surface area (Å²) in [6.45, 7) is 3.03.